The van der Waals surface area contributed by atoms with Gasteiger partial charge in [-0.25, -0.2) is 59.0 Å². The third-order valence-electron chi connectivity index (χ3n) is 22.4. The first-order chi connectivity index (χ1) is 62.7. The fourth-order valence-corrected chi connectivity index (χ4v) is 18.6. The Labute approximate surface area is 806 Å². The molecule has 5 aliphatic rings. The number of aromatic nitrogens is 2. The first-order valence-corrected chi connectivity index (χ1v) is 44.5. The van der Waals surface area contributed by atoms with Crippen molar-refractivity contribution in [2.24, 2.45) is 0 Å². The molecule has 134 heavy (non-hydrogen) atoms. The van der Waals surface area contributed by atoms with E-state index in [1.165, 1.54) is 123 Å². The van der Waals surface area contributed by atoms with Crippen molar-refractivity contribution in [3.8, 4) is 6.07 Å². The lowest BCUT2D eigenvalue weighted by atomic mass is 10.0. The van der Waals surface area contributed by atoms with Crippen LogP contribution in [0, 0.1) is 114 Å². The van der Waals surface area contributed by atoms with Crippen LogP contribution in [0.4, 0.5) is 112 Å². The predicted octanol–water partition coefficient (Wildman–Crippen LogP) is 22.5. The molecule has 680 valence electrons. The molecule has 0 unspecified atom stereocenters. The molecule has 0 bridgehead atoms. The van der Waals surface area contributed by atoms with E-state index in [2.05, 4.69) is 34.2 Å². The minimum atomic E-state index is -3.37. The molecular weight excluding hydrogens is 1880 g/mol. The van der Waals surface area contributed by atoms with E-state index in [4.69, 9.17) is 122 Å². The summed E-state index contributed by atoms with van der Waals surface area (Å²) in [5.41, 5.74) is 0.611. The average molecular weight is 1960 g/mol. The fourth-order valence-electron chi connectivity index (χ4n) is 14.9. The average Bonchev–Trinajstić information content (AvgIpc) is 1.60. The van der Waals surface area contributed by atoms with Crippen molar-refractivity contribution >= 4 is 235 Å². The maximum Gasteiger partial charge on any atom is 0.259 e. The van der Waals surface area contributed by atoms with Crippen LogP contribution in [-0.2, 0) is 33.8 Å². The van der Waals surface area contributed by atoms with Gasteiger partial charge in [-0.15, -0.1) is 0 Å². The molecule has 10 aromatic rings. The van der Waals surface area contributed by atoms with E-state index in [0.717, 1.165) is 37.2 Å². The lowest BCUT2D eigenvalue weighted by Gasteiger charge is -2.29. The third-order valence-corrected chi connectivity index (χ3v) is 26.1. The van der Waals surface area contributed by atoms with Crippen LogP contribution in [0.3, 0.4) is 0 Å². The lowest BCUT2D eigenvalue weighted by Crippen LogP contribution is -2.44. The standard InChI is InChI=1S/C20H18FN3O3S2.C19H12ClFN4OS.C19H15F2N3OS.C19H17FN4OS.C18H14ClFN4OS/c1-12-15(22-4)10-11-16(17(12)21)23-18(25)20(2,3)24(19(23)28)13-6-8-14(9-7-13)29(5,26)27;1-19(2)17(26)24(14-9-8-13(23-3)15(20)16(14)21)18(27)25(19)12-6-4-11(10-22)5-7-12;1-11-14(22-4)9-10-15(16(11)21)23-17(25)19(2,3)24(18(23)26)13-7-5-12(20)6-8-13;1-11-6-7-13(10-22-11)24-18(26)23(17(25)19(24,3)4)15-9-8-14(21-5)12(2)16(15)20;1-10-5-6-11(9-22-10)24-17(26)23(16(25)18(24,2)3)13-8-7-12(21-4)14(19)15(13)20/h6-11H,1-3,5H3;4-9H,1-2H3;5-10H,1-3H3;6-10H,1-4H3;5-9H,1-3H3. The SMILES string of the molecule is [C-]#[N+]c1ccc(N2C(=O)C(C)(C)N(c3ccc(C#N)cc3)C2=S)c(F)c1Cl.[C-]#[N+]c1ccc(N2C(=O)C(C)(C)N(c3ccc(C)nc3)C2=S)c(F)c1C.[C-]#[N+]c1ccc(N2C(=O)C(C)(C)N(c3ccc(C)nc3)C2=S)c(F)c1Cl.[C-]#[N+]c1ccc(N2C(=O)C(C)(C)N(c3ccc(F)cc3)C2=S)c(F)c1C.[C-]#[N+]c1ccc(N2C(=O)C(C)(C)N(c3ccc(S(C)(=O)=O)cc3)C2=S)c(F)c1C. The number of rotatable bonds is 11. The summed E-state index contributed by atoms with van der Waals surface area (Å²) in [6.07, 6.45) is 4.37. The number of anilines is 10. The Bertz CT molecular complexity index is 6700. The van der Waals surface area contributed by atoms with Gasteiger partial charge in [0.25, 0.3) is 29.5 Å². The Morgan fingerprint density at radius 2 is 0.567 bits per heavy atom. The van der Waals surface area contributed by atoms with Crippen molar-refractivity contribution < 1.29 is 58.7 Å². The zero-order valence-corrected chi connectivity index (χ0v) is 80.5. The van der Waals surface area contributed by atoms with Gasteiger partial charge in [-0.3, -0.25) is 58.4 Å². The maximum absolute atomic E-state index is 14.9. The van der Waals surface area contributed by atoms with E-state index in [-0.39, 0.29) is 120 Å². The van der Waals surface area contributed by atoms with Crippen LogP contribution in [0.1, 0.15) is 103 Å². The fraction of sp³-hybridized carbons (Fsp3) is 0.221. The summed E-state index contributed by atoms with van der Waals surface area (Å²) >= 11 is 39.3. The van der Waals surface area contributed by atoms with Gasteiger partial charge in [0.1, 0.15) is 51.0 Å². The number of nitrogens with zero attached hydrogens (tertiary/aromatic N) is 18. The van der Waals surface area contributed by atoms with Gasteiger partial charge in [-0.2, -0.15) is 5.26 Å². The number of aryl methyl sites for hydroxylation is 2. The highest BCUT2D eigenvalue weighted by Crippen LogP contribution is 2.47. The van der Waals surface area contributed by atoms with Crippen molar-refractivity contribution in [3.05, 3.63) is 306 Å². The molecule has 2 aromatic heterocycles. The minimum Gasteiger partial charge on any atom is -0.304 e. The molecule has 5 saturated heterocycles. The van der Waals surface area contributed by atoms with Crippen molar-refractivity contribution in [2.75, 3.05) is 55.3 Å². The Morgan fingerprint density at radius 1 is 0.343 bits per heavy atom. The normalized spacial score (nSPS) is 16.1. The number of sulfone groups is 1. The molecule has 5 amide bonds. The summed E-state index contributed by atoms with van der Waals surface area (Å²) in [5, 5.41) is 8.82. The third kappa shape index (κ3) is 18.0. The van der Waals surface area contributed by atoms with Crippen LogP contribution in [-0.4, -0.2) is 107 Å². The molecule has 15 rings (SSSR count). The molecule has 0 atom stereocenters. The first-order valence-electron chi connectivity index (χ1n) is 39.8. The Kier molecular flexibility index (Phi) is 28.7. The Hall–Kier alpha value is -14.1. The number of hydrogen-bond acceptors (Lipinski definition) is 15. The number of amides is 5. The Balaban J connectivity index is 0.000000161. The zero-order valence-electron chi connectivity index (χ0n) is 74.0. The first kappa shape index (κ1) is 100. The van der Waals surface area contributed by atoms with E-state index in [1.54, 1.807) is 149 Å². The largest absolute Gasteiger partial charge is 0.304 e. The summed E-state index contributed by atoms with van der Waals surface area (Å²) in [6, 6.07) is 41.4. The maximum atomic E-state index is 14.9. The number of halogens is 8. The zero-order chi connectivity index (χ0) is 99.3. The molecule has 0 N–H and O–H groups in total. The van der Waals surface area contributed by atoms with Gasteiger partial charge in [0.05, 0.1) is 112 Å². The highest BCUT2D eigenvalue weighted by molar-refractivity contribution is 7.90. The smallest absolute Gasteiger partial charge is 0.259 e. The number of hydrogen-bond donors (Lipinski definition) is 0. The summed E-state index contributed by atoms with van der Waals surface area (Å²) in [6.45, 7) is 60.4. The topological polar surface area (TPSA) is 223 Å². The van der Waals surface area contributed by atoms with Crippen LogP contribution < -0.4 is 49.0 Å². The van der Waals surface area contributed by atoms with Crippen molar-refractivity contribution in [1.29, 1.82) is 5.26 Å². The number of carbonyl (C=O) groups excluding carboxylic acids is 5. The van der Waals surface area contributed by atoms with E-state index < -0.39 is 96.1 Å². The quantitative estimate of drug-likeness (QED) is 0.0667. The van der Waals surface area contributed by atoms with Crippen molar-refractivity contribution in [3.63, 3.8) is 0 Å². The van der Waals surface area contributed by atoms with E-state index in [9.17, 15) is 58.7 Å². The van der Waals surface area contributed by atoms with Crippen LogP contribution in [0.25, 0.3) is 24.2 Å². The van der Waals surface area contributed by atoms with Crippen LogP contribution >= 0.6 is 84.3 Å². The summed E-state index contributed by atoms with van der Waals surface area (Å²) < 4.78 is 111. The highest BCUT2D eigenvalue weighted by atomic mass is 35.5. The number of pyridine rings is 2. The monoisotopic (exact) mass is 1960 g/mol. The summed E-state index contributed by atoms with van der Waals surface area (Å²) in [5.74, 6) is -6.08. The molecule has 0 spiro atoms. The molecule has 5 aliphatic heterocycles. The Morgan fingerprint density at radius 3 is 0.799 bits per heavy atom. The van der Waals surface area contributed by atoms with Crippen molar-refractivity contribution in [2.45, 2.75) is 136 Å². The van der Waals surface area contributed by atoms with Gasteiger partial charge < -0.3 is 24.5 Å². The molecule has 0 saturated carbocycles. The highest BCUT2D eigenvalue weighted by Gasteiger charge is 2.56. The number of nitriles is 1. The second-order valence-electron chi connectivity index (χ2n) is 33.0. The molecule has 8 aromatic carbocycles. The van der Waals surface area contributed by atoms with Gasteiger partial charge in [-0.1, -0.05) is 53.5 Å². The van der Waals surface area contributed by atoms with Crippen molar-refractivity contribution in [1.82, 2.24) is 9.97 Å². The second-order valence-corrected chi connectivity index (χ2v) is 37.6. The van der Waals surface area contributed by atoms with Gasteiger partial charge >= 0.3 is 0 Å². The predicted molar refractivity (Wildman–Crippen MR) is 526 cm³/mol. The number of carbonyl (C=O) groups is 5. The van der Waals surface area contributed by atoms with Gasteiger partial charge in [0.15, 0.2) is 64.1 Å². The number of benzene rings is 8. The van der Waals surface area contributed by atoms with E-state index in [0.29, 0.717) is 34.0 Å². The lowest BCUT2D eigenvalue weighted by molar-refractivity contribution is -0.121. The van der Waals surface area contributed by atoms with Crippen LogP contribution in [0.2, 0.25) is 10.0 Å². The molecule has 5 fully saturated rings. The molecule has 0 radical (unpaired) electrons. The van der Waals surface area contributed by atoms with Crippen LogP contribution in [0.5, 0.6) is 0 Å². The van der Waals surface area contributed by atoms with E-state index >= 15 is 0 Å². The minimum absolute atomic E-state index is 0.00240. The summed E-state index contributed by atoms with van der Waals surface area (Å²) in [4.78, 5) is 104. The summed E-state index contributed by atoms with van der Waals surface area (Å²) in [7, 11) is -3.37. The second kappa shape index (κ2) is 38.2. The molecule has 39 heteroatoms. The molecule has 0 aliphatic carbocycles. The molecule has 7 heterocycles. The van der Waals surface area contributed by atoms with Gasteiger partial charge in [-0.05, 0) is 309 Å². The van der Waals surface area contributed by atoms with Crippen LogP contribution in [0.15, 0.2) is 175 Å². The molecule has 25 nitrogen and oxygen atoms in total. The van der Waals surface area contributed by atoms with Gasteiger partial charge in [0.2, 0.25) is 11.4 Å². The van der Waals surface area contributed by atoms with Gasteiger partial charge in [0, 0.05) is 34.7 Å². The number of thiocarbonyl (C=S) groups is 5. The van der Waals surface area contributed by atoms with E-state index in [1.807, 2.05) is 38.1 Å². The molecular formula is C95H76Cl2F6N18O7S6.